The molecule has 0 aliphatic rings. The van der Waals surface area contributed by atoms with Gasteiger partial charge in [0.2, 0.25) is 9.84 Å². The van der Waals surface area contributed by atoms with Crippen LogP contribution in [-0.2, 0) is 9.84 Å². The summed E-state index contributed by atoms with van der Waals surface area (Å²) in [6, 6.07) is 12.5. The van der Waals surface area contributed by atoms with E-state index in [0.29, 0.717) is 24.6 Å². The fourth-order valence-corrected chi connectivity index (χ4v) is 5.77. The van der Waals surface area contributed by atoms with Crippen molar-refractivity contribution in [3.8, 4) is 11.5 Å². The maximum Gasteiger partial charge on any atom is 0.206 e. The molecule has 9 heteroatoms. The molecule has 0 fully saturated rings. The molecule has 0 amide bonds. The van der Waals surface area contributed by atoms with Crippen LogP contribution < -0.4 is 9.47 Å². The number of nitrogens with zero attached hydrogens (tertiary/aromatic N) is 2. The first kappa shape index (κ1) is 33.0. The Bertz CT molecular complexity index is 941. The van der Waals surface area contributed by atoms with Gasteiger partial charge in [-0.1, -0.05) is 27.7 Å². The largest absolute Gasteiger partial charge is 0.491 e. The molecule has 2 rings (SSSR count). The van der Waals surface area contributed by atoms with Gasteiger partial charge in [0.15, 0.2) is 0 Å². The van der Waals surface area contributed by atoms with Crippen molar-refractivity contribution in [3.05, 3.63) is 48.5 Å². The number of aliphatic hydroxyl groups is 2. The van der Waals surface area contributed by atoms with Crippen molar-refractivity contribution in [2.24, 2.45) is 0 Å². The molecule has 0 aliphatic carbocycles. The third-order valence-corrected chi connectivity index (χ3v) is 8.04. The van der Waals surface area contributed by atoms with Crippen LogP contribution >= 0.6 is 0 Å². The highest BCUT2D eigenvalue weighted by Gasteiger charge is 2.19. The predicted molar refractivity (Wildman–Crippen MR) is 155 cm³/mol. The second kappa shape index (κ2) is 17.5. The molecule has 0 saturated carbocycles. The monoisotopic (exact) mass is 564 g/mol. The number of ether oxygens (including phenoxy) is 2. The quantitative estimate of drug-likeness (QED) is 0.246. The van der Waals surface area contributed by atoms with Gasteiger partial charge in [-0.2, -0.15) is 0 Å². The van der Waals surface area contributed by atoms with E-state index in [1.54, 1.807) is 24.3 Å². The molecule has 2 atom stereocenters. The fourth-order valence-electron chi connectivity index (χ4n) is 4.51. The van der Waals surface area contributed by atoms with Crippen LogP contribution in [-0.4, -0.2) is 93.1 Å². The van der Waals surface area contributed by atoms with Gasteiger partial charge < -0.3 is 29.5 Å². The number of hydrogen-bond donors (Lipinski definition) is 2. The Morgan fingerprint density at radius 1 is 0.615 bits per heavy atom. The van der Waals surface area contributed by atoms with Crippen molar-refractivity contribution >= 4 is 9.84 Å². The smallest absolute Gasteiger partial charge is 0.206 e. The molecule has 0 aliphatic heterocycles. The van der Waals surface area contributed by atoms with Gasteiger partial charge in [0, 0.05) is 13.1 Å². The van der Waals surface area contributed by atoms with E-state index in [4.69, 9.17) is 9.47 Å². The van der Waals surface area contributed by atoms with Crippen LogP contribution in [0.15, 0.2) is 58.3 Å². The van der Waals surface area contributed by atoms with Gasteiger partial charge in [-0.3, -0.25) is 0 Å². The zero-order valence-corrected chi connectivity index (χ0v) is 24.9. The maximum absolute atomic E-state index is 13.1. The number of sulfone groups is 1. The van der Waals surface area contributed by atoms with Gasteiger partial charge >= 0.3 is 0 Å². The molecular formula is C30H48N2O6S. The zero-order valence-electron chi connectivity index (χ0n) is 24.1. The number of benzene rings is 2. The molecule has 0 unspecified atom stereocenters. The first-order valence-electron chi connectivity index (χ1n) is 14.2. The summed E-state index contributed by atoms with van der Waals surface area (Å²) < 4.78 is 37.6. The summed E-state index contributed by atoms with van der Waals surface area (Å²) in [6.07, 6.45) is 2.86. The van der Waals surface area contributed by atoms with Crippen LogP contribution in [0.5, 0.6) is 11.5 Å². The lowest BCUT2D eigenvalue weighted by atomic mass is 10.3. The van der Waals surface area contributed by atoms with Crippen molar-refractivity contribution in [1.82, 2.24) is 9.80 Å². The topological polar surface area (TPSA) is 99.5 Å². The minimum absolute atomic E-state index is 0.140. The summed E-state index contributed by atoms with van der Waals surface area (Å²) in [6.45, 7) is 13.6. The molecule has 220 valence electrons. The normalized spacial score (nSPS) is 13.5. The highest BCUT2D eigenvalue weighted by atomic mass is 32.2. The lowest BCUT2D eigenvalue weighted by molar-refractivity contribution is 0.0680. The van der Waals surface area contributed by atoms with Gasteiger partial charge in [-0.25, -0.2) is 8.42 Å². The molecule has 2 N–H and O–H groups in total. The Balaban J connectivity index is 1.90. The Labute approximate surface area is 235 Å². The minimum Gasteiger partial charge on any atom is -0.491 e. The summed E-state index contributed by atoms with van der Waals surface area (Å²) in [5.74, 6) is 1.01. The van der Waals surface area contributed by atoms with Gasteiger partial charge in [-0.05, 0) is 100 Å². The van der Waals surface area contributed by atoms with Crippen LogP contribution in [0.1, 0.15) is 53.4 Å². The molecule has 0 radical (unpaired) electrons. The van der Waals surface area contributed by atoms with Crippen molar-refractivity contribution in [2.45, 2.75) is 75.4 Å². The fraction of sp³-hybridized carbons (Fsp3) is 0.600. The summed E-state index contributed by atoms with van der Waals surface area (Å²) in [7, 11) is -3.72. The molecule has 8 nitrogen and oxygen atoms in total. The van der Waals surface area contributed by atoms with E-state index in [9.17, 15) is 18.6 Å². The summed E-state index contributed by atoms with van der Waals surface area (Å²) in [5, 5.41) is 20.7. The number of hydrogen-bond acceptors (Lipinski definition) is 8. The Morgan fingerprint density at radius 2 is 0.923 bits per heavy atom. The van der Waals surface area contributed by atoms with Gasteiger partial charge in [0.25, 0.3) is 0 Å². The van der Waals surface area contributed by atoms with Crippen LogP contribution in [0.25, 0.3) is 0 Å². The molecule has 2 aromatic rings. The molecule has 0 saturated heterocycles. The summed E-state index contributed by atoms with van der Waals surface area (Å²) >= 11 is 0. The standard InChI is InChI=1S/C30H48N2O6S/c1-5-17-31(18-6-2)21-25(33)23-37-27-9-13-29(14-10-27)39(35,36)30-15-11-28(12-16-30)38-24-26(34)22-32(19-7-3)20-8-4/h9-16,25-26,33-34H,5-8,17-24H2,1-4H3/t25-,26+. The third-order valence-electron chi connectivity index (χ3n) is 6.25. The predicted octanol–water partition coefficient (Wildman–Crippen LogP) is 4.24. The first-order chi connectivity index (χ1) is 18.7. The van der Waals surface area contributed by atoms with Gasteiger partial charge in [-0.15, -0.1) is 0 Å². The lowest BCUT2D eigenvalue weighted by Gasteiger charge is -2.24. The van der Waals surface area contributed by atoms with E-state index in [0.717, 1.165) is 51.9 Å². The van der Waals surface area contributed by atoms with Crippen molar-refractivity contribution in [1.29, 1.82) is 0 Å². The minimum atomic E-state index is -3.72. The molecule has 0 heterocycles. The Kier molecular flexibility index (Phi) is 14.8. The highest BCUT2D eigenvalue weighted by Crippen LogP contribution is 2.25. The van der Waals surface area contributed by atoms with Crippen molar-refractivity contribution in [3.63, 3.8) is 0 Å². The molecular weight excluding hydrogens is 516 g/mol. The van der Waals surface area contributed by atoms with Crippen LogP contribution in [0, 0.1) is 0 Å². The van der Waals surface area contributed by atoms with E-state index in [1.807, 2.05) is 0 Å². The van der Waals surface area contributed by atoms with E-state index in [1.165, 1.54) is 24.3 Å². The van der Waals surface area contributed by atoms with Crippen LogP contribution in [0.4, 0.5) is 0 Å². The third kappa shape index (κ3) is 11.5. The zero-order chi connectivity index (χ0) is 28.7. The molecule has 2 aromatic carbocycles. The van der Waals surface area contributed by atoms with Gasteiger partial charge in [0.05, 0.1) is 9.79 Å². The van der Waals surface area contributed by atoms with E-state index in [-0.39, 0.29) is 23.0 Å². The summed E-state index contributed by atoms with van der Waals surface area (Å²) in [5.41, 5.74) is 0. The highest BCUT2D eigenvalue weighted by molar-refractivity contribution is 7.91. The Morgan fingerprint density at radius 3 is 1.21 bits per heavy atom. The lowest BCUT2D eigenvalue weighted by Crippen LogP contribution is -2.36. The maximum atomic E-state index is 13.1. The number of aliphatic hydroxyl groups excluding tert-OH is 2. The van der Waals surface area contributed by atoms with Crippen LogP contribution in [0.2, 0.25) is 0 Å². The average molecular weight is 565 g/mol. The number of rotatable bonds is 20. The molecule has 0 spiro atoms. The van der Waals surface area contributed by atoms with Crippen molar-refractivity contribution in [2.75, 3.05) is 52.5 Å². The molecule has 39 heavy (non-hydrogen) atoms. The molecule has 0 aromatic heterocycles. The second-order valence-electron chi connectivity index (χ2n) is 9.98. The first-order valence-corrected chi connectivity index (χ1v) is 15.7. The van der Waals surface area contributed by atoms with Gasteiger partial charge in [0.1, 0.15) is 36.9 Å². The van der Waals surface area contributed by atoms with Crippen molar-refractivity contribution < 1.29 is 28.1 Å². The van der Waals surface area contributed by atoms with E-state index in [2.05, 4.69) is 37.5 Å². The summed E-state index contributed by atoms with van der Waals surface area (Å²) in [4.78, 5) is 4.75. The van der Waals surface area contributed by atoms with Crippen LogP contribution in [0.3, 0.4) is 0 Å². The Hall–Kier alpha value is -2.17. The van der Waals surface area contributed by atoms with E-state index < -0.39 is 22.0 Å². The molecule has 0 bridgehead atoms. The average Bonchev–Trinajstić information content (AvgIpc) is 2.92. The second-order valence-corrected chi connectivity index (χ2v) is 11.9. The van der Waals surface area contributed by atoms with E-state index >= 15 is 0 Å². The SMILES string of the molecule is CCCN(CCC)C[C@H](O)COc1ccc(S(=O)(=O)c2ccc(OC[C@H](O)CN(CCC)CCC)cc2)cc1.